The van der Waals surface area contributed by atoms with Crippen molar-refractivity contribution < 1.29 is 9.59 Å². The molecule has 7 heteroatoms. The summed E-state index contributed by atoms with van der Waals surface area (Å²) in [5, 5.41) is 4.82. The normalized spacial score (nSPS) is 17.7. The number of nitrogens with two attached hydrogens (primary N) is 1. The smallest absolute Gasteiger partial charge is 0.264 e. The van der Waals surface area contributed by atoms with Gasteiger partial charge in [-0.1, -0.05) is 6.07 Å². The molecular weight excluding hydrogens is 322 g/mol. The lowest BCUT2D eigenvalue weighted by molar-refractivity contribution is -0.126. The number of hydrogen-bond acceptors (Lipinski definition) is 4. The molecule has 1 aliphatic rings. The van der Waals surface area contributed by atoms with Crippen molar-refractivity contribution in [3.05, 3.63) is 22.4 Å². The average Bonchev–Trinajstić information content (AvgIpc) is 3.05. The Hall–Kier alpha value is -1.11. The summed E-state index contributed by atoms with van der Waals surface area (Å²) in [6, 6.07) is 3.35. The zero-order valence-corrected chi connectivity index (χ0v) is 14.3. The van der Waals surface area contributed by atoms with Crippen molar-refractivity contribution in [1.29, 1.82) is 0 Å². The highest BCUT2D eigenvalue weighted by Gasteiger charge is 2.32. The molecule has 1 aromatic heterocycles. The molecule has 22 heavy (non-hydrogen) atoms. The van der Waals surface area contributed by atoms with Gasteiger partial charge >= 0.3 is 0 Å². The van der Waals surface area contributed by atoms with Gasteiger partial charge < -0.3 is 16.0 Å². The Bertz CT molecular complexity index is 467. The van der Waals surface area contributed by atoms with Gasteiger partial charge in [-0.2, -0.15) is 0 Å². The minimum atomic E-state index is -0.328. The van der Waals surface area contributed by atoms with E-state index in [4.69, 9.17) is 5.73 Å². The van der Waals surface area contributed by atoms with Crippen molar-refractivity contribution in [3.8, 4) is 0 Å². The van der Waals surface area contributed by atoms with Crippen LogP contribution in [0.4, 0.5) is 0 Å². The maximum atomic E-state index is 12.5. The Labute approximate surface area is 141 Å². The predicted molar refractivity (Wildman–Crippen MR) is 91.5 cm³/mol. The molecule has 0 spiro atoms. The van der Waals surface area contributed by atoms with Crippen LogP contribution in [0, 0.1) is 0 Å². The highest BCUT2D eigenvalue weighted by atomic mass is 35.5. The maximum Gasteiger partial charge on any atom is 0.264 e. The predicted octanol–water partition coefficient (Wildman–Crippen LogP) is 2.02. The molecule has 2 amide bonds. The van der Waals surface area contributed by atoms with Gasteiger partial charge in [0, 0.05) is 13.1 Å². The first-order chi connectivity index (χ1) is 10.2. The number of unbranched alkanes of at least 4 members (excludes halogenated alkanes) is 1. The van der Waals surface area contributed by atoms with Crippen molar-refractivity contribution in [1.82, 2.24) is 10.2 Å². The lowest BCUT2D eigenvalue weighted by Gasteiger charge is -2.34. The quantitative estimate of drug-likeness (QED) is 0.774. The maximum absolute atomic E-state index is 12.5. The van der Waals surface area contributed by atoms with E-state index in [1.165, 1.54) is 11.3 Å². The molecule has 0 aromatic carbocycles. The second-order valence-electron chi connectivity index (χ2n) is 5.27. The first kappa shape index (κ1) is 18.9. The first-order valence-electron chi connectivity index (χ1n) is 7.56. The van der Waals surface area contributed by atoms with Crippen LogP contribution in [-0.4, -0.2) is 42.4 Å². The van der Waals surface area contributed by atoms with E-state index in [1.54, 1.807) is 4.90 Å². The first-order valence-corrected chi connectivity index (χ1v) is 8.44. The summed E-state index contributed by atoms with van der Waals surface area (Å²) in [6.45, 7) is 1.94. The van der Waals surface area contributed by atoms with Gasteiger partial charge in [-0.05, 0) is 50.1 Å². The molecule has 0 radical (unpaired) electrons. The molecule has 1 saturated heterocycles. The summed E-state index contributed by atoms with van der Waals surface area (Å²) in [5.41, 5.74) is 5.44. The third kappa shape index (κ3) is 4.97. The molecule has 124 valence electrons. The molecule has 5 nitrogen and oxygen atoms in total. The molecule has 1 atom stereocenters. The van der Waals surface area contributed by atoms with Gasteiger partial charge in [-0.15, -0.1) is 23.7 Å². The minimum absolute atomic E-state index is 0. The Morgan fingerprint density at radius 3 is 2.86 bits per heavy atom. The van der Waals surface area contributed by atoms with Crippen molar-refractivity contribution in [2.45, 2.75) is 38.1 Å². The largest absolute Gasteiger partial charge is 0.354 e. The standard InChI is InChI=1S/C15H23N3O2S.ClH/c16-8-2-3-9-17-14(19)12-6-1-4-10-18(12)15(20)13-7-5-11-21-13;/h5,7,11-12H,1-4,6,8-10,16H2,(H,17,19);1H. The van der Waals surface area contributed by atoms with E-state index in [2.05, 4.69) is 5.32 Å². The number of nitrogens with zero attached hydrogens (tertiary/aromatic N) is 1. The number of nitrogens with one attached hydrogen (secondary N) is 1. The van der Waals surface area contributed by atoms with Crippen LogP contribution < -0.4 is 11.1 Å². The van der Waals surface area contributed by atoms with Crippen molar-refractivity contribution in [2.24, 2.45) is 5.73 Å². The molecule has 1 aromatic rings. The van der Waals surface area contributed by atoms with Crippen LogP contribution in [0.15, 0.2) is 17.5 Å². The lowest BCUT2D eigenvalue weighted by atomic mass is 10.0. The number of thiophene rings is 1. The van der Waals surface area contributed by atoms with Crippen LogP contribution in [0.25, 0.3) is 0 Å². The van der Waals surface area contributed by atoms with Gasteiger partial charge in [0.05, 0.1) is 4.88 Å². The van der Waals surface area contributed by atoms with Crippen LogP contribution in [0.2, 0.25) is 0 Å². The van der Waals surface area contributed by atoms with Crippen molar-refractivity contribution >= 4 is 35.6 Å². The van der Waals surface area contributed by atoms with Gasteiger partial charge in [-0.25, -0.2) is 0 Å². The third-order valence-corrected chi connectivity index (χ3v) is 4.59. The Morgan fingerprint density at radius 2 is 2.18 bits per heavy atom. The number of likely N-dealkylation sites (tertiary alicyclic amines) is 1. The Balaban J connectivity index is 0.00000242. The van der Waals surface area contributed by atoms with Crippen molar-refractivity contribution in [2.75, 3.05) is 19.6 Å². The van der Waals surface area contributed by atoms with Gasteiger partial charge in [0.25, 0.3) is 5.91 Å². The van der Waals surface area contributed by atoms with E-state index in [0.717, 1.165) is 32.1 Å². The SMILES string of the molecule is Cl.NCCCCNC(=O)C1CCCCN1C(=O)c1cccs1. The highest BCUT2D eigenvalue weighted by Crippen LogP contribution is 2.21. The average molecular weight is 346 g/mol. The summed E-state index contributed by atoms with van der Waals surface area (Å²) in [6.07, 6.45) is 4.50. The Morgan fingerprint density at radius 1 is 1.36 bits per heavy atom. The van der Waals surface area contributed by atoms with E-state index in [-0.39, 0.29) is 30.3 Å². The van der Waals surface area contributed by atoms with Crippen molar-refractivity contribution in [3.63, 3.8) is 0 Å². The molecule has 2 heterocycles. The molecule has 1 fully saturated rings. The lowest BCUT2D eigenvalue weighted by Crippen LogP contribution is -2.51. The molecule has 3 N–H and O–H groups in total. The second-order valence-corrected chi connectivity index (χ2v) is 6.22. The van der Waals surface area contributed by atoms with E-state index in [0.29, 0.717) is 24.5 Å². The van der Waals surface area contributed by atoms with E-state index in [9.17, 15) is 9.59 Å². The molecule has 0 bridgehead atoms. The van der Waals surface area contributed by atoms with E-state index >= 15 is 0 Å². The minimum Gasteiger partial charge on any atom is -0.354 e. The van der Waals surface area contributed by atoms with Gasteiger partial charge in [-0.3, -0.25) is 9.59 Å². The molecule has 0 aliphatic carbocycles. The molecular formula is C15H24ClN3O2S. The Kier molecular flexibility index (Phi) is 8.45. The zero-order valence-electron chi connectivity index (χ0n) is 12.6. The van der Waals surface area contributed by atoms with Crippen LogP contribution in [-0.2, 0) is 4.79 Å². The number of amides is 2. The zero-order chi connectivity index (χ0) is 15.1. The second kappa shape index (κ2) is 9.82. The molecule has 1 aliphatic heterocycles. The number of carbonyl (C=O) groups excluding carboxylic acids is 2. The summed E-state index contributed by atoms with van der Waals surface area (Å²) < 4.78 is 0. The monoisotopic (exact) mass is 345 g/mol. The fourth-order valence-corrected chi connectivity index (χ4v) is 3.27. The van der Waals surface area contributed by atoms with E-state index in [1.807, 2.05) is 17.5 Å². The van der Waals surface area contributed by atoms with Gasteiger partial charge in [0.15, 0.2) is 0 Å². The fourth-order valence-electron chi connectivity index (χ4n) is 2.59. The van der Waals surface area contributed by atoms with Gasteiger partial charge in [0.2, 0.25) is 5.91 Å². The van der Waals surface area contributed by atoms with Gasteiger partial charge in [0.1, 0.15) is 6.04 Å². The number of rotatable bonds is 6. The fraction of sp³-hybridized carbons (Fsp3) is 0.600. The summed E-state index contributed by atoms with van der Waals surface area (Å²) in [5.74, 6) is -0.0524. The van der Waals surface area contributed by atoms with Crippen LogP contribution >= 0.6 is 23.7 Å². The third-order valence-electron chi connectivity index (χ3n) is 3.73. The number of carbonyl (C=O) groups is 2. The number of halogens is 1. The number of hydrogen-bond donors (Lipinski definition) is 2. The van der Waals surface area contributed by atoms with E-state index < -0.39 is 0 Å². The summed E-state index contributed by atoms with van der Waals surface area (Å²) in [4.78, 5) is 27.2. The van der Waals surface area contributed by atoms with Crippen LogP contribution in [0.1, 0.15) is 41.8 Å². The summed E-state index contributed by atoms with van der Waals surface area (Å²) in [7, 11) is 0. The number of piperidine rings is 1. The topological polar surface area (TPSA) is 75.4 Å². The van der Waals surface area contributed by atoms with Crippen LogP contribution in [0.3, 0.4) is 0 Å². The molecule has 1 unspecified atom stereocenters. The molecule has 0 saturated carbocycles. The molecule has 2 rings (SSSR count). The highest BCUT2D eigenvalue weighted by molar-refractivity contribution is 7.12. The summed E-state index contributed by atoms with van der Waals surface area (Å²) >= 11 is 1.43. The van der Waals surface area contributed by atoms with Crippen LogP contribution in [0.5, 0.6) is 0 Å².